The van der Waals surface area contributed by atoms with E-state index in [-0.39, 0.29) is 0 Å². The maximum Gasteiger partial charge on any atom is 0.282 e. The van der Waals surface area contributed by atoms with E-state index < -0.39 is 0 Å². The summed E-state index contributed by atoms with van der Waals surface area (Å²) in [6.45, 7) is 0. The lowest BCUT2D eigenvalue weighted by molar-refractivity contribution is 0.343. The van der Waals surface area contributed by atoms with Gasteiger partial charge >= 0.3 is 0 Å². The Labute approximate surface area is 162 Å². The molecular formula is C24H16N2O2. The molecule has 4 aromatic rings. The molecule has 28 heavy (non-hydrogen) atoms. The third kappa shape index (κ3) is 3.23. The van der Waals surface area contributed by atoms with Gasteiger partial charge in [-0.2, -0.15) is 0 Å². The van der Waals surface area contributed by atoms with E-state index in [1.54, 1.807) is 0 Å². The summed E-state index contributed by atoms with van der Waals surface area (Å²) in [5.74, 6) is 2.26. The zero-order chi connectivity index (χ0) is 18.8. The van der Waals surface area contributed by atoms with Crippen LogP contribution in [-0.4, -0.2) is 10.2 Å². The van der Waals surface area contributed by atoms with Crippen molar-refractivity contribution in [1.29, 1.82) is 0 Å². The fourth-order valence-electron chi connectivity index (χ4n) is 3.04. The highest BCUT2D eigenvalue weighted by Crippen LogP contribution is 2.43. The van der Waals surface area contributed by atoms with Crippen LogP contribution in [0.4, 0.5) is 0 Å². The Morgan fingerprint density at radius 2 is 1.25 bits per heavy atom. The van der Waals surface area contributed by atoms with Crippen LogP contribution in [0.1, 0.15) is 11.3 Å². The van der Waals surface area contributed by atoms with Crippen LogP contribution in [0.25, 0.3) is 23.3 Å². The summed E-state index contributed by atoms with van der Waals surface area (Å²) < 4.78 is 11.6. The summed E-state index contributed by atoms with van der Waals surface area (Å²) in [5, 5.41) is 8.34. The van der Waals surface area contributed by atoms with Crippen molar-refractivity contribution in [3.63, 3.8) is 0 Å². The topological polar surface area (TPSA) is 44.2 Å². The number of para-hydroxylation sites is 2. The molecule has 0 aliphatic carbocycles. The third-order valence-electron chi connectivity index (χ3n) is 4.49. The molecule has 0 fully saturated rings. The van der Waals surface area contributed by atoms with Crippen molar-refractivity contribution in [2.75, 3.05) is 0 Å². The summed E-state index contributed by atoms with van der Waals surface area (Å²) in [6.07, 6.45) is 3.91. The summed E-state index contributed by atoms with van der Waals surface area (Å²) in [6, 6.07) is 28.0. The van der Waals surface area contributed by atoms with Gasteiger partial charge in [0.15, 0.2) is 17.2 Å². The van der Waals surface area contributed by atoms with Gasteiger partial charge in [0.05, 0.1) is 5.69 Å². The van der Waals surface area contributed by atoms with Crippen molar-refractivity contribution in [1.82, 2.24) is 10.2 Å². The Kier molecular flexibility index (Phi) is 4.07. The van der Waals surface area contributed by atoms with Gasteiger partial charge in [-0.1, -0.05) is 72.8 Å². The second kappa shape index (κ2) is 7.00. The number of nitrogens with zero attached hydrogens (tertiary/aromatic N) is 2. The highest BCUT2D eigenvalue weighted by molar-refractivity contribution is 5.71. The van der Waals surface area contributed by atoms with E-state index in [0.717, 1.165) is 5.56 Å². The van der Waals surface area contributed by atoms with Gasteiger partial charge in [0, 0.05) is 6.07 Å². The standard InChI is InChI=1S/C24H16N2O2/c1-2-6-18(7-3-1)19-13-10-17(11-14-19)12-15-20-16-23-24(26-25-20)28-22-9-5-4-8-21(22)27-23/h1-16H/b15-12+. The number of ether oxygens (including phenoxy) is 2. The fourth-order valence-corrected chi connectivity index (χ4v) is 3.04. The van der Waals surface area contributed by atoms with Gasteiger partial charge in [-0.3, -0.25) is 0 Å². The van der Waals surface area contributed by atoms with E-state index in [1.807, 2.05) is 60.7 Å². The molecular weight excluding hydrogens is 348 g/mol. The number of rotatable bonds is 3. The van der Waals surface area contributed by atoms with E-state index in [9.17, 15) is 0 Å². The zero-order valence-corrected chi connectivity index (χ0v) is 14.9. The first-order valence-corrected chi connectivity index (χ1v) is 9.01. The van der Waals surface area contributed by atoms with Crippen LogP contribution >= 0.6 is 0 Å². The number of benzene rings is 3. The molecule has 0 N–H and O–H groups in total. The summed E-state index contributed by atoms with van der Waals surface area (Å²) >= 11 is 0. The second-order valence-electron chi connectivity index (χ2n) is 6.41. The van der Waals surface area contributed by atoms with E-state index in [1.165, 1.54) is 11.1 Å². The Morgan fingerprint density at radius 3 is 2.04 bits per heavy atom. The zero-order valence-electron chi connectivity index (χ0n) is 14.9. The van der Waals surface area contributed by atoms with Crippen LogP contribution in [-0.2, 0) is 0 Å². The van der Waals surface area contributed by atoms with Crippen LogP contribution in [0.5, 0.6) is 23.1 Å². The fraction of sp³-hybridized carbons (Fsp3) is 0. The van der Waals surface area contributed by atoms with E-state index in [4.69, 9.17) is 9.47 Å². The first-order valence-electron chi connectivity index (χ1n) is 9.01. The first kappa shape index (κ1) is 16.3. The molecule has 4 nitrogen and oxygen atoms in total. The van der Waals surface area contributed by atoms with Crippen molar-refractivity contribution >= 4 is 12.2 Å². The molecule has 0 atom stereocenters. The summed E-state index contributed by atoms with van der Waals surface area (Å²) in [5.41, 5.74) is 4.18. The Bertz CT molecular complexity index is 1150. The molecule has 1 aliphatic rings. The molecule has 0 amide bonds. The maximum atomic E-state index is 5.87. The van der Waals surface area contributed by atoms with Crippen LogP contribution < -0.4 is 9.47 Å². The van der Waals surface area contributed by atoms with Gasteiger partial charge in [0.1, 0.15) is 0 Å². The summed E-state index contributed by atoms with van der Waals surface area (Å²) in [7, 11) is 0. The lowest BCUT2D eigenvalue weighted by atomic mass is 10.0. The average Bonchev–Trinajstić information content (AvgIpc) is 2.77. The number of fused-ring (bicyclic) bond motifs is 2. The number of hydrogen-bond acceptors (Lipinski definition) is 4. The van der Waals surface area contributed by atoms with Crippen molar-refractivity contribution in [2.24, 2.45) is 0 Å². The number of aromatic nitrogens is 2. The predicted molar refractivity (Wildman–Crippen MR) is 109 cm³/mol. The molecule has 5 rings (SSSR count). The average molecular weight is 364 g/mol. The molecule has 0 saturated carbocycles. The monoisotopic (exact) mass is 364 g/mol. The van der Waals surface area contributed by atoms with Gasteiger partial charge in [-0.15, -0.1) is 10.2 Å². The molecule has 134 valence electrons. The molecule has 1 aliphatic heterocycles. The van der Waals surface area contributed by atoms with Crippen LogP contribution in [0.15, 0.2) is 84.9 Å². The number of hydrogen-bond donors (Lipinski definition) is 0. The highest BCUT2D eigenvalue weighted by Gasteiger charge is 2.20. The molecule has 2 heterocycles. The van der Waals surface area contributed by atoms with Gasteiger partial charge in [-0.05, 0) is 34.9 Å². The van der Waals surface area contributed by atoms with Crippen LogP contribution in [0, 0.1) is 0 Å². The first-order chi connectivity index (χ1) is 13.8. The smallest absolute Gasteiger partial charge is 0.282 e. The lowest BCUT2D eigenvalue weighted by Crippen LogP contribution is -2.02. The minimum atomic E-state index is 0.378. The molecule has 4 heteroatoms. The quantitative estimate of drug-likeness (QED) is 0.382. The molecule has 3 aromatic carbocycles. The molecule has 0 saturated heterocycles. The predicted octanol–water partition coefficient (Wildman–Crippen LogP) is 6.21. The van der Waals surface area contributed by atoms with Crippen molar-refractivity contribution in [3.05, 3.63) is 96.2 Å². The molecule has 0 bridgehead atoms. The van der Waals surface area contributed by atoms with Crippen molar-refractivity contribution in [3.8, 4) is 34.3 Å². The van der Waals surface area contributed by atoms with E-state index in [2.05, 4.69) is 46.6 Å². The van der Waals surface area contributed by atoms with Gasteiger partial charge in [0.25, 0.3) is 5.88 Å². The van der Waals surface area contributed by atoms with Gasteiger partial charge in [-0.25, -0.2) is 0 Å². The molecule has 1 aromatic heterocycles. The maximum absolute atomic E-state index is 5.87. The van der Waals surface area contributed by atoms with Gasteiger partial charge < -0.3 is 9.47 Å². The molecule has 0 radical (unpaired) electrons. The van der Waals surface area contributed by atoms with Crippen molar-refractivity contribution < 1.29 is 9.47 Å². The van der Waals surface area contributed by atoms with Crippen LogP contribution in [0.2, 0.25) is 0 Å². The molecule has 0 spiro atoms. The second-order valence-corrected chi connectivity index (χ2v) is 6.41. The summed E-state index contributed by atoms with van der Waals surface area (Å²) in [4.78, 5) is 0. The Hall–Kier alpha value is -3.92. The normalized spacial score (nSPS) is 12.0. The Morgan fingerprint density at radius 1 is 0.571 bits per heavy atom. The lowest BCUT2D eigenvalue weighted by Gasteiger charge is -2.18. The Balaban J connectivity index is 1.35. The minimum absolute atomic E-state index is 0.378. The highest BCUT2D eigenvalue weighted by atomic mass is 16.6. The van der Waals surface area contributed by atoms with Gasteiger partial charge in [0.2, 0.25) is 0 Å². The SMILES string of the molecule is C(=C\c1cc2c(nn1)Oc1ccccc1O2)/c1ccc(-c2ccccc2)cc1. The van der Waals surface area contributed by atoms with E-state index in [0.29, 0.717) is 28.8 Å². The van der Waals surface area contributed by atoms with Crippen molar-refractivity contribution in [2.45, 2.75) is 0 Å². The third-order valence-corrected chi connectivity index (χ3v) is 4.49. The molecule has 0 unspecified atom stereocenters. The van der Waals surface area contributed by atoms with Crippen LogP contribution in [0.3, 0.4) is 0 Å². The minimum Gasteiger partial charge on any atom is -0.448 e. The van der Waals surface area contributed by atoms with E-state index >= 15 is 0 Å². The largest absolute Gasteiger partial charge is 0.448 e.